The molecule has 1 aromatic carbocycles. The van der Waals surface area contributed by atoms with E-state index in [0.29, 0.717) is 5.56 Å². The van der Waals surface area contributed by atoms with Crippen LogP contribution in [0.1, 0.15) is 50.2 Å². The van der Waals surface area contributed by atoms with Crippen LogP contribution in [-0.2, 0) is 17.4 Å². The summed E-state index contributed by atoms with van der Waals surface area (Å²) < 4.78 is 38.0. The van der Waals surface area contributed by atoms with Crippen molar-refractivity contribution in [3.63, 3.8) is 0 Å². The molecule has 0 bridgehead atoms. The van der Waals surface area contributed by atoms with Gasteiger partial charge >= 0.3 is 6.18 Å². The van der Waals surface area contributed by atoms with Gasteiger partial charge in [-0.15, -0.1) is 0 Å². The third-order valence-corrected chi connectivity index (χ3v) is 4.25. The van der Waals surface area contributed by atoms with E-state index in [1.54, 1.807) is 6.07 Å². The molecule has 2 rings (SSSR count). The molecule has 0 aliphatic heterocycles. The molecule has 0 spiro atoms. The Morgan fingerprint density at radius 3 is 2.45 bits per heavy atom. The van der Waals surface area contributed by atoms with Crippen LogP contribution in [0, 0.1) is 5.41 Å². The molecule has 1 fully saturated rings. The molecule has 0 saturated heterocycles. The molecule has 1 aliphatic carbocycles. The smallest absolute Gasteiger partial charge is 0.299 e. The van der Waals surface area contributed by atoms with Gasteiger partial charge in [-0.2, -0.15) is 13.2 Å². The highest BCUT2D eigenvalue weighted by Gasteiger charge is 2.35. The van der Waals surface area contributed by atoms with E-state index in [2.05, 4.69) is 0 Å². The summed E-state index contributed by atoms with van der Waals surface area (Å²) in [5.41, 5.74) is -0.583. The molecule has 1 nitrogen and oxygen atoms in total. The van der Waals surface area contributed by atoms with Gasteiger partial charge in [-0.3, -0.25) is 4.79 Å². The number of rotatable bonds is 3. The van der Waals surface area contributed by atoms with Crippen LogP contribution < -0.4 is 0 Å². The van der Waals surface area contributed by atoms with E-state index in [1.165, 1.54) is 6.07 Å². The van der Waals surface area contributed by atoms with Crippen molar-refractivity contribution in [2.24, 2.45) is 5.41 Å². The van der Waals surface area contributed by atoms with E-state index in [4.69, 9.17) is 0 Å². The Hall–Kier alpha value is -1.32. The van der Waals surface area contributed by atoms with E-state index in [9.17, 15) is 18.0 Å². The summed E-state index contributed by atoms with van der Waals surface area (Å²) in [7, 11) is 0. The highest BCUT2D eigenvalue weighted by Crippen LogP contribution is 2.37. The standard InChI is InChI=1S/C16H19F3O/c1-15(8-3-2-4-9-15)14(20)11-12-6-5-7-13(10-12)16(17,18)19/h5-7,10H,2-4,8-9,11H2,1H3. The molecule has 4 heteroatoms. The molecule has 0 N–H and O–H groups in total. The normalized spacial score (nSPS) is 18.8. The molecule has 1 aliphatic rings. The summed E-state index contributed by atoms with van der Waals surface area (Å²) in [6.45, 7) is 1.95. The average Bonchev–Trinajstić information content (AvgIpc) is 2.39. The van der Waals surface area contributed by atoms with Gasteiger partial charge in [-0.25, -0.2) is 0 Å². The highest BCUT2D eigenvalue weighted by atomic mass is 19.4. The molecule has 0 heterocycles. The van der Waals surface area contributed by atoms with Gasteiger partial charge in [0.1, 0.15) is 5.78 Å². The van der Waals surface area contributed by atoms with Gasteiger partial charge in [-0.1, -0.05) is 44.4 Å². The van der Waals surface area contributed by atoms with Crippen molar-refractivity contribution in [1.29, 1.82) is 0 Å². The summed E-state index contributed by atoms with van der Waals surface area (Å²) in [4.78, 5) is 12.4. The summed E-state index contributed by atoms with van der Waals surface area (Å²) in [5, 5.41) is 0. The van der Waals surface area contributed by atoms with E-state index in [-0.39, 0.29) is 17.6 Å². The largest absolute Gasteiger partial charge is 0.416 e. The number of alkyl halides is 3. The number of carbonyl (C=O) groups is 1. The molecule has 1 aromatic rings. The molecule has 20 heavy (non-hydrogen) atoms. The molecule has 1 saturated carbocycles. The van der Waals surface area contributed by atoms with Gasteiger partial charge in [0.05, 0.1) is 5.56 Å². The number of halogens is 3. The van der Waals surface area contributed by atoms with Gasteiger partial charge < -0.3 is 0 Å². The Morgan fingerprint density at radius 2 is 1.85 bits per heavy atom. The fraction of sp³-hybridized carbons (Fsp3) is 0.562. The van der Waals surface area contributed by atoms with Gasteiger partial charge in [0, 0.05) is 11.8 Å². The minimum atomic E-state index is -4.35. The molecule has 0 atom stereocenters. The molecule has 0 aromatic heterocycles. The fourth-order valence-corrected chi connectivity index (χ4v) is 2.87. The first-order valence-electron chi connectivity index (χ1n) is 7.01. The summed E-state index contributed by atoms with van der Waals surface area (Å²) in [5.74, 6) is 0.0662. The minimum absolute atomic E-state index is 0.0662. The minimum Gasteiger partial charge on any atom is -0.299 e. The molecular weight excluding hydrogens is 265 g/mol. The predicted octanol–water partition coefficient (Wildman–Crippen LogP) is 4.79. The fourth-order valence-electron chi connectivity index (χ4n) is 2.87. The van der Waals surface area contributed by atoms with Crippen LogP contribution in [0.4, 0.5) is 13.2 Å². The van der Waals surface area contributed by atoms with Crippen LogP contribution >= 0.6 is 0 Å². The summed E-state index contributed by atoms with van der Waals surface area (Å²) in [6, 6.07) is 5.09. The second kappa shape index (κ2) is 5.58. The maximum atomic E-state index is 12.7. The zero-order valence-corrected chi connectivity index (χ0v) is 11.6. The SMILES string of the molecule is CC1(C(=O)Cc2cccc(C(F)(F)F)c2)CCCCC1. The first-order chi connectivity index (χ1) is 9.31. The zero-order valence-electron chi connectivity index (χ0n) is 11.6. The van der Waals surface area contributed by atoms with E-state index in [1.807, 2.05) is 6.92 Å². The molecular formula is C16H19F3O. The van der Waals surface area contributed by atoms with Crippen LogP contribution in [0.3, 0.4) is 0 Å². The number of hydrogen-bond acceptors (Lipinski definition) is 1. The maximum absolute atomic E-state index is 12.7. The molecule has 0 amide bonds. The Bertz CT molecular complexity index is 485. The lowest BCUT2D eigenvalue weighted by Crippen LogP contribution is -2.31. The predicted molar refractivity (Wildman–Crippen MR) is 71.3 cm³/mol. The van der Waals surface area contributed by atoms with Crippen molar-refractivity contribution >= 4 is 5.78 Å². The summed E-state index contributed by atoms with van der Waals surface area (Å²) >= 11 is 0. The second-order valence-electron chi connectivity index (χ2n) is 5.92. The van der Waals surface area contributed by atoms with Crippen molar-refractivity contribution in [1.82, 2.24) is 0 Å². The Kier molecular flexibility index (Phi) is 4.21. The Balaban J connectivity index is 2.12. The van der Waals surface area contributed by atoms with E-state index >= 15 is 0 Å². The monoisotopic (exact) mass is 284 g/mol. The third-order valence-electron chi connectivity index (χ3n) is 4.25. The van der Waals surface area contributed by atoms with Crippen molar-refractivity contribution in [2.45, 2.75) is 51.6 Å². The van der Waals surface area contributed by atoms with Crippen molar-refractivity contribution in [3.8, 4) is 0 Å². The Labute approximate surface area is 117 Å². The quantitative estimate of drug-likeness (QED) is 0.780. The van der Waals surface area contributed by atoms with Gasteiger partial charge in [0.2, 0.25) is 0 Å². The number of ketones is 1. The lowest BCUT2D eigenvalue weighted by atomic mass is 9.71. The van der Waals surface area contributed by atoms with Crippen LogP contribution in [0.25, 0.3) is 0 Å². The lowest BCUT2D eigenvalue weighted by Gasteiger charge is -2.32. The van der Waals surface area contributed by atoms with Crippen LogP contribution in [0.2, 0.25) is 0 Å². The number of benzene rings is 1. The summed E-state index contributed by atoms with van der Waals surface area (Å²) in [6.07, 6.45) is 0.659. The lowest BCUT2D eigenvalue weighted by molar-refractivity contribution is -0.137. The number of Topliss-reactive ketones (excluding diaryl/α,β-unsaturated/α-hetero) is 1. The van der Waals surface area contributed by atoms with Crippen LogP contribution in [0.15, 0.2) is 24.3 Å². The topological polar surface area (TPSA) is 17.1 Å². The van der Waals surface area contributed by atoms with Gasteiger partial charge in [0.15, 0.2) is 0 Å². The molecule has 110 valence electrons. The highest BCUT2D eigenvalue weighted by molar-refractivity contribution is 5.86. The Morgan fingerprint density at radius 1 is 1.20 bits per heavy atom. The maximum Gasteiger partial charge on any atom is 0.416 e. The van der Waals surface area contributed by atoms with Crippen molar-refractivity contribution < 1.29 is 18.0 Å². The number of carbonyl (C=O) groups excluding carboxylic acids is 1. The molecule has 0 unspecified atom stereocenters. The first kappa shape index (κ1) is 15.1. The molecule has 0 radical (unpaired) electrons. The van der Waals surface area contributed by atoms with Gasteiger partial charge in [0.25, 0.3) is 0 Å². The van der Waals surface area contributed by atoms with Crippen molar-refractivity contribution in [2.75, 3.05) is 0 Å². The third kappa shape index (κ3) is 3.41. The van der Waals surface area contributed by atoms with E-state index < -0.39 is 11.7 Å². The zero-order chi connectivity index (χ0) is 14.8. The van der Waals surface area contributed by atoms with Crippen molar-refractivity contribution in [3.05, 3.63) is 35.4 Å². The second-order valence-corrected chi connectivity index (χ2v) is 5.92. The van der Waals surface area contributed by atoms with E-state index in [0.717, 1.165) is 44.2 Å². The van der Waals surface area contributed by atoms with Gasteiger partial charge in [-0.05, 0) is 24.5 Å². The van der Waals surface area contributed by atoms with Crippen LogP contribution in [0.5, 0.6) is 0 Å². The van der Waals surface area contributed by atoms with Crippen LogP contribution in [-0.4, -0.2) is 5.78 Å². The number of hydrogen-bond donors (Lipinski definition) is 0. The first-order valence-corrected chi connectivity index (χ1v) is 7.01. The average molecular weight is 284 g/mol.